The van der Waals surface area contributed by atoms with Gasteiger partial charge >= 0.3 is 0 Å². The average Bonchev–Trinajstić information content (AvgIpc) is 2.74. The van der Waals surface area contributed by atoms with Crippen molar-refractivity contribution in [2.75, 3.05) is 30.8 Å². The van der Waals surface area contributed by atoms with Crippen LogP contribution < -0.4 is 15.4 Å². The zero-order chi connectivity index (χ0) is 20.8. The van der Waals surface area contributed by atoms with Gasteiger partial charge in [-0.05, 0) is 55.3 Å². The Kier molecular flexibility index (Phi) is 6.49. The first-order valence-corrected chi connectivity index (χ1v) is 9.58. The number of carbonyl (C=O) groups excluding carboxylic acids is 3. The Morgan fingerprint density at radius 2 is 1.59 bits per heavy atom. The van der Waals surface area contributed by atoms with Crippen molar-refractivity contribution in [1.29, 1.82) is 0 Å². The number of benzene rings is 2. The van der Waals surface area contributed by atoms with Gasteiger partial charge in [0.15, 0.2) is 0 Å². The summed E-state index contributed by atoms with van der Waals surface area (Å²) < 4.78 is 5.18. The fraction of sp³-hybridized carbons (Fsp3) is 0.318. The first-order valence-electron chi connectivity index (χ1n) is 9.58. The predicted octanol–water partition coefficient (Wildman–Crippen LogP) is 3.14. The number of methoxy groups -OCH3 is 1. The van der Waals surface area contributed by atoms with Crippen LogP contribution in [0.15, 0.2) is 48.5 Å². The smallest absolute Gasteiger partial charge is 0.253 e. The van der Waals surface area contributed by atoms with Crippen LogP contribution in [0.1, 0.15) is 30.1 Å². The molecular formula is C22H25N3O4. The second kappa shape index (κ2) is 9.23. The van der Waals surface area contributed by atoms with Gasteiger partial charge in [-0.3, -0.25) is 14.4 Å². The van der Waals surface area contributed by atoms with Crippen molar-refractivity contribution >= 4 is 29.1 Å². The summed E-state index contributed by atoms with van der Waals surface area (Å²) in [6.07, 6.45) is 1.23. The van der Waals surface area contributed by atoms with Gasteiger partial charge in [-0.25, -0.2) is 0 Å². The molecule has 1 aliphatic rings. The molecule has 1 fully saturated rings. The summed E-state index contributed by atoms with van der Waals surface area (Å²) in [4.78, 5) is 38.1. The Bertz CT molecular complexity index is 887. The monoisotopic (exact) mass is 395 g/mol. The molecule has 3 amide bonds. The van der Waals surface area contributed by atoms with E-state index in [4.69, 9.17) is 4.74 Å². The molecule has 2 aromatic rings. The molecular weight excluding hydrogens is 370 g/mol. The maximum absolute atomic E-state index is 12.7. The average molecular weight is 395 g/mol. The number of anilines is 2. The van der Waals surface area contributed by atoms with Crippen LogP contribution in [-0.2, 0) is 9.59 Å². The molecule has 0 aliphatic carbocycles. The molecule has 7 nitrogen and oxygen atoms in total. The fourth-order valence-corrected chi connectivity index (χ4v) is 3.37. The normalized spacial score (nSPS) is 14.2. The SMILES string of the molecule is COc1cccc(C(=O)N2CCC(C(=O)Nc3ccc(NC(C)=O)cc3)CC2)c1. The highest BCUT2D eigenvalue weighted by atomic mass is 16.5. The topological polar surface area (TPSA) is 87.7 Å². The molecule has 2 aromatic carbocycles. The van der Waals surface area contributed by atoms with E-state index in [1.165, 1.54) is 6.92 Å². The molecule has 0 bridgehead atoms. The second-order valence-corrected chi connectivity index (χ2v) is 7.05. The zero-order valence-corrected chi connectivity index (χ0v) is 16.6. The van der Waals surface area contributed by atoms with E-state index in [9.17, 15) is 14.4 Å². The number of piperidine rings is 1. The van der Waals surface area contributed by atoms with Gasteiger partial charge in [-0.1, -0.05) is 6.07 Å². The van der Waals surface area contributed by atoms with Gasteiger partial charge in [-0.15, -0.1) is 0 Å². The van der Waals surface area contributed by atoms with Crippen LogP contribution in [0.4, 0.5) is 11.4 Å². The van der Waals surface area contributed by atoms with Crippen molar-refractivity contribution in [1.82, 2.24) is 4.90 Å². The van der Waals surface area contributed by atoms with Crippen molar-refractivity contribution in [3.8, 4) is 5.75 Å². The van der Waals surface area contributed by atoms with E-state index in [2.05, 4.69) is 10.6 Å². The van der Waals surface area contributed by atoms with Crippen LogP contribution in [0.25, 0.3) is 0 Å². The van der Waals surface area contributed by atoms with Gasteiger partial charge in [0.2, 0.25) is 11.8 Å². The summed E-state index contributed by atoms with van der Waals surface area (Å²) in [5.74, 6) is 0.271. The van der Waals surface area contributed by atoms with E-state index < -0.39 is 0 Å². The molecule has 0 unspecified atom stereocenters. The van der Waals surface area contributed by atoms with E-state index in [1.807, 2.05) is 0 Å². The third-order valence-electron chi connectivity index (χ3n) is 4.94. The molecule has 7 heteroatoms. The summed E-state index contributed by atoms with van der Waals surface area (Å²) in [6, 6.07) is 14.1. The van der Waals surface area contributed by atoms with Gasteiger partial charge in [0.05, 0.1) is 7.11 Å². The molecule has 0 saturated carbocycles. The van der Waals surface area contributed by atoms with Gasteiger partial charge < -0.3 is 20.3 Å². The molecule has 0 atom stereocenters. The number of hydrogen-bond donors (Lipinski definition) is 2. The Hall–Kier alpha value is -3.35. The quantitative estimate of drug-likeness (QED) is 0.814. The first-order chi connectivity index (χ1) is 14.0. The lowest BCUT2D eigenvalue weighted by Crippen LogP contribution is -2.41. The van der Waals surface area contributed by atoms with Crippen molar-refractivity contribution in [3.05, 3.63) is 54.1 Å². The zero-order valence-electron chi connectivity index (χ0n) is 16.6. The molecule has 3 rings (SSSR count). The highest BCUT2D eigenvalue weighted by Crippen LogP contribution is 2.23. The van der Waals surface area contributed by atoms with E-state index in [0.717, 1.165) is 0 Å². The van der Waals surface area contributed by atoms with Crippen molar-refractivity contribution in [3.63, 3.8) is 0 Å². The lowest BCUT2D eigenvalue weighted by molar-refractivity contribution is -0.121. The summed E-state index contributed by atoms with van der Waals surface area (Å²) >= 11 is 0. The number of ether oxygens (including phenoxy) is 1. The Balaban J connectivity index is 1.52. The third-order valence-corrected chi connectivity index (χ3v) is 4.94. The van der Waals surface area contributed by atoms with Crippen LogP contribution in [0.5, 0.6) is 5.75 Å². The molecule has 1 saturated heterocycles. The minimum Gasteiger partial charge on any atom is -0.497 e. The maximum Gasteiger partial charge on any atom is 0.253 e. The highest BCUT2D eigenvalue weighted by Gasteiger charge is 2.28. The highest BCUT2D eigenvalue weighted by molar-refractivity contribution is 5.96. The third kappa shape index (κ3) is 5.34. The summed E-state index contributed by atoms with van der Waals surface area (Å²) in [5.41, 5.74) is 1.95. The van der Waals surface area contributed by atoms with E-state index in [-0.39, 0.29) is 23.6 Å². The van der Waals surface area contributed by atoms with Crippen molar-refractivity contribution in [2.24, 2.45) is 5.92 Å². The molecule has 0 spiro atoms. The van der Waals surface area contributed by atoms with Crippen LogP contribution in [0.2, 0.25) is 0 Å². The van der Waals surface area contributed by atoms with Crippen LogP contribution in [0.3, 0.4) is 0 Å². The number of rotatable bonds is 5. The summed E-state index contributed by atoms with van der Waals surface area (Å²) in [5, 5.41) is 5.60. The lowest BCUT2D eigenvalue weighted by atomic mass is 9.95. The van der Waals surface area contributed by atoms with E-state index >= 15 is 0 Å². The lowest BCUT2D eigenvalue weighted by Gasteiger charge is -2.31. The standard InChI is InChI=1S/C22H25N3O4/c1-15(26)23-18-6-8-19(9-7-18)24-21(27)16-10-12-25(13-11-16)22(28)17-4-3-5-20(14-17)29-2/h3-9,14,16H,10-13H2,1-2H3,(H,23,26)(H,24,27). The van der Waals surface area contributed by atoms with Crippen molar-refractivity contribution < 1.29 is 19.1 Å². The number of likely N-dealkylation sites (tertiary alicyclic amines) is 1. The van der Waals surface area contributed by atoms with Crippen molar-refractivity contribution in [2.45, 2.75) is 19.8 Å². The number of nitrogens with one attached hydrogen (secondary N) is 2. The van der Waals surface area contributed by atoms with Crippen LogP contribution >= 0.6 is 0 Å². The summed E-state index contributed by atoms with van der Waals surface area (Å²) in [7, 11) is 1.57. The fourth-order valence-electron chi connectivity index (χ4n) is 3.37. The van der Waals surface area contributed by atoms with Crippen LogP contribution in [-0.4, -0.2) is 42.8 Å². The van der Waals surface area contributed by atoms with Crippen LogP contribution in [0, 0.1) is 5.92 Å². The summed E-state index contributed by atoms with van der Waals surface area (Å²) in [6.45, 7) is 2.52. The molecule has 2 N–H and O–H groups in total. The number of nitrogens with zero attached hydrogens (tertiary/aromatic N) is 1. The predicted molar refractivity (Wildman–Crippen MR) is 111 cm³/mol. The number of carbonyl (C=O) groups is 3. The number of amides is 3. The Morgan fingerprint density at radius 3 is 2.17 bits per heavy atom. The molecule has 1 heterocycles. The van der Waals surface area contributed by atoms with Gasteiger partial charge in [0.25, 0.3) is 5.91 Å². The molecule has 152 valence electrons. The Morgan fingerprint density at radius 1 is 0.966 bits per heavy atom. The molecule has 0 aromatic heterocycles. The Labute approximate surface area is 170 Å². The van der Waals surface area contributed by atoms with E-state index in [0.29, 0.717) is 48.6 Å². The first kappa shape index (κ1) is 20.4. The minimum atomic E-state index is -0.142. The van der Waals surface area contributed by atoms with Gasteiger partial charge in [0, 0.05) is 42.9 Å². The van der Waals surface area contributed by atoms with Gasteiger partial charge in [0.1, 0.15) is 5.75 Å². The van der Waals surface area contributed by atoms with Gasteiger partial charge in [-0.2, -0.15) is 0 Å². The second-order valence-electron chi connectivity index (χ2n) is 7.05. The maximum atomic E-state index is 12.7. The molecule has 29 heavy (non-hydrogen) atoms. The molecule has 1 aliphatic heterocycles. The molecule has 0 radical (unpaired) electrons. The van der Waals surface area contributed by atoms with E-state index in [1.54, 1.807) is 60.5 Å². The number of hydrogen-bond acceptors (Lipinski definition) is 4. The minimum absolute atomic E-state index is 0.0451. The largest absolute Gasteiger partial charge is 0.497 e.